The first kappa shape index (κ1) is 20.9. The van der Waals surface area contributed by atoms with Crippen molar-refractivity contribution in [2.75, 3.05) is 38.2 Å². The van der Waals surface area contributed by atoms with E-state index in [2.05, 4.69) is 33.0 Å². The molecule has 3 aromatic rings. The molecule has 4 rings (SSSR count). The van der Waals surface area contributed by atoms with E-state index in [1.54, 1.807) is 13.3 Å². The van der Waals surface area contributed by atoms with E-state index in [9.17, 15) is 5.11 Å². The number of phenolic OH excluding ortho intramolecular Hbond substituents is 1. The van der Waals surface area contributed by atoms with Crippen molar-refractivity contribution in [3.05, 3.63) is 59.8 Å². The first-order valence-corrected chi connectivity index (χ1v) is 10.3. The molecule has 5 heteroatoms. The van der Waals surface area contributed by atoms with Crippen LogP contribution in [-0.2, 0) is 6.54 Å². The van der Waals surface area contributed by atoms with Gasteiger partial charge in [0.2, 0.25) is 0 Å². The highest BCUT2D eigenvalue weighted by Crippen LogP contribution is 2.30. The number of piperazine rings is 1. The van der Waals surface area contributed by atoms with Gasteiger partial charge in [-0.1, -0.05) is 26.0 Å². The predicted octanol–water partition coefficient (Wildman–Crippen LogP) is 4.61. The lowest BCUT2D eigenvalue weighted by atomic mass is 10.0. The van der Waals surface area contributed by atoms with E-state index >= 15 is 0 Å². The number of aryl methyl sites for hydroxylation is 1. The lowest BCUT2D eigenvalue weighted by Gasteiger charge is -2.36. The van der Waals surface area contributed by atoms with Crippen molar-refractivity contribution in [3.63, 3.8) is 0 Å². The van der Waals surface area contributed by atoms with Crippen LogP contribution in [0, 0.1) is 6.92 Å². The lowest BCUT2D eigenvalue weighted by Crippen LogP contribution is -2.46. The van der Waals surface area contributed by atoms with Gasteiger partial charge in [0, 0.05) is 50.0 Å². The summed E-state index contributed by atoms with van der Waals surface area (Å²) in [7, 11) is 1.69. The number of aromatic nitrogens is 1. The Morgan fingerprint density at radius 3 is 2.38 bits per heavy atom. The molecule has 2 aromatic carbocycles. The van der Waals surface area contributed by atoms with E-state index in [1.807, 2.05) is 45.0 Å². The Labute approximate surface area is 173 Å². The summed E-state index contributed by atoms with van der Waals surface area (Å²) in [6, 6.07) is 14.3. The number of benzene rings is 2. The number of phenols is 1. The fourth-order valence-corrected chi connectivity index (χ4v) is 3.78. The van der Waals surface area contributed by atoms with Crippen LogP contribution >= 0.6 is 0 Å². The minimum absolute atomic E-state index is 0.290. The summed E-state index contributed by atoms with van der Waals surface area (Å²) >= 11 is 0. The zero-order valence-corrected chi connectivity index (χ0v) is 17.9. The second kappa shape index (κ2) is 9.61. The van der Waals surface area contributed by atoms with Crippen LogP contribution in [-0.4, -0.2) is 48.3 Å². The monoisotopic (exact) mass is 393 g/mol. The number of rotatable bonds is 4. The van der Waals surface area contributed by atoms with Crippen molar-refractivity contribution in [1.29, 1.82) is 0 Å². The van der Waals surface area contributed by atoms with E-state index < -0.39 is 0 Å². The molecule has 2 heterocycles. The van der Waals surface area contributed by atoms with Crippen LogP contribution in [0.15, 0.2) is 48.7 Å². The highest BCUT2D eigenvalue weighted by molar-refractivity contribution is 5.88. The van der Waals surface area contributed by atoms with Gasteiger partial charge in [0.1, 0.15) is 17.0 Å². The summed E-state index contributed by atoms with van der Waals surface area (Å²) < 4.78 is 5.24. The molecule has 0 amide bonds. The van der Waals surface area contributed by atoms with Crippen molar-refractivity contribution in [2.45, 2.75) is 27.3 Å². The number of nitrogens with zero attached hydrogens (tertiary/aromatic N) is 3. The maximum absolute atomic E-state index is 10.3. The second-order valence-corrected chi connectivity index (χ2v) is 7.06. The molecule has 1 aromatic heterocycles. The minimum Gasteiger partial charge on any atom is -0.505 e. The zero-order chi connectivity index (χ0) is 20.8. The van der Waals surface area contributed by atoms with Gasteiger partial charge >= 0.3 is 0 Å². The van der Waals surface area contributed by atoms with Crippen LogP contribution in [0.25, 0.3) is 10.9 Å². The molecule has 0 spiro atoms. The van der Waals surface area contributed by atoms with Gasteiger partial charge in [-0.25, -0.2) is 0 Å². The Morgan fingerprint density at radius 1 is 1.03 bits per heavy atom. The van der Waals surface area contributed by atoms with Crippen LogP contribution in [0.2, 0.25) is 0 Å². The molecular weight excluding hydrogens is 362 g/mol. The van der Waals surface area contributed by atoms with E-state index in [0.717, 1.165) is 49.4 Å². The average Bonchev–Trinajstić information content (AvgIpc) is 2.79. The fourth-order valence-electron chi connectivity index (χ4n) is 3.78. The third-order valence-electron chi connectivity index (χ3n) is 5.35. The zero-order valence-electron chi connectivity index (χ0n) is 17.9. The first-order chi connectivity index (χ1) is 14.2. The Bertz CT molecular complexity index is 933. The SMILES string of the molecule is CC.COc1ccc(N2CCN(Cc3cc(C)c(O)c4ncccc34)CC2)cc1. The van der Waals surface area contributed by atoms with Gasteiger partial charge in [0.15, 0.2) is 0 Å². The molecular formula is C24H31N3O2. The van der Waals surface area contributed by atoms with Gasteiger partial charge in [-0.05, 0) is 48.4 Å². The lowest BCUT2D eigenvalue weighted by molar-refractivity contribution is 0.250. The fraction of sp³-hybridized carbons (Fsp3) is 0.375. The van der Waals surface area contributed by atoms with Gasteiger partial charge in [0.05, 0.1) is 7.11 Å². The number of anilines is 1. The summed E-state index contributed by atoms with van der Waals surface area (Å²) in [5.74, 6) is 1.18. The van der Waals surface area contributed by atoms with Crippen molar-refractivity contribution in [3.8, 4) is 11.5 Å². The maximum Gasteiger partial charge on any atom is 0.144 e. The topological polar surface area (TPSA) is 48.8 Å². The molecule has 0 atom stereocenters. The average molecular weight is 394 g/mol. The summed E-state index contributed by atoms with van der Waals surface area (Å²) in [5, 5.41) is 11.3. The molecule has 0 aliphatic carbocycles. The minimum atomic E-state index is 0.290. The number of fused-ring (bicyclic) bond motifs is 1. The Morgan fingerprint density at radius 2 is 1.72 bits per heavy atom. The molecule has 1 aliphatic heterocycles. The number of methoxy groups -OCH3 is 1. The van der Waals surface area contributed by atoms with Gasteiger partial charge in [-0.2, -0.15) is 0 Å². The van der Waals surface area contributed by atoms with Gasteiger partial charge < -0.3 is 14.7 Å². The van der Waals surface area contributed by atoms with Crippen molar-refractivity contribution >= 4 is 16.6 Å². The largest absolute Gasteiger partial charge is 0.505 e. The first-order valence-electron chi connectivity index (χ1n) is 10.3. The van der Waals surface area contributed by atoms with E-state index in [-0.39, 0.29) is 0 Å². The van der Waals surface area contributed by atoms with Crippen LogP contribution in [0.4, 0.5) is 5.69 Å². The van der Waals surface area contributed by atoms with E-state index in [4.69, 9.17) is 4.74 Å². The Kier molecular flexibility index (Phi) is 6.94. The van der Waals surface area contributed by atoms with Crippen molar-refractivity contribution in [2.24, 2.45) is 0 Å². The summed E-state index contributed by atoms with van der Waals surface area (Å²) in [5.41, 5.74) is 4.05. The Hall–Kier alpha value is -2.79. The van der Waals surface area contributed by atoms with E-state index in [1.165, 1.54) is 11.3 Å². The molecule has 5 nitrogen and oxygen atoms in total. The summed E-state index contributed by atoms with van der Waals surface area (Å²) in [6.07, 6.45) is 1.74. The molecule has 0 unspecified atom stereocenters. The molecule has 154 valence electrons. The molecule has 1 aliphatic rings. The van der Waals surface area contributed by atoms with Gasteiger partial charge in [-0.3, -0.25) is 9.88 Å². The molecule has 1 saturated heterocycles. The van der Waals surface area contributed by atoms with Crippen LogP contribution in [0.3, 0.4) is 0 Å². The molecule has 1 fully saturated rings. The number of hydrogen-bond donors (Lipinski definition) is 1. The van der Waals surface area contributed by atoms with Crippen molar-refractivity contribution in [1.82, 2.24) is 9.88 Å². The van der Waals surface area contributed by atoms with Crippen molar-refractivity contribution < 1.29 is 9.84 Å². The number of pyridine rings is 1. The third kappa shape index (κ3) is 4.62. The highest BCUT2D eigenvalue weighted by atomic mass is 16.5. The third-order valence-corrected chi connectivity index (χ3v) is 5.35. The van der Waals surface area contributed by atoms with Crippen LogP contribution < -0.4 is 9.64 Å². The predicted molar refractivity (Wildman–Crippen MR) is 120 cm³/mol. The van der Waals surface area contributed by atoms with Gasteiger partial charge in [0.25, 0.3) is 0 Å². The Balaban J connectivity index is 0.00000117. The maximum atomic E-state index is 10.3. The molecule has 29 heavy (non-hydrogen) atoms. The highest BCUT2D eigenvalue weighted by Gasteiger charge is 2.19. The number of hydrogen-bond acceptors (Lipinski definition) is 5. The van der Waals surface area contributed by atoms with Gasteiger partial charge in [-0.15, -0.1) is 0 Å². The molecule has 0 radical (unpaired) electrons. The molecule has 1 N–H and O–H groups in total. The normalized spacial score (nSPS) is 14.4. The molecule has 0 saturated carbocycles. The number of aromatic hydroxyl groups is 1. The quantitative estimate of drug-likeness (QED) is 0.702. The van der Waals surface area contributed by atoms with Crippen LogP contribution in [0.5, 0.6) is 11.5 Å². The standard InChI is InChI=1S/C22H25N3O2.C2H6/c1-16-14-17(20-4-3-9-23-21(20)22(16)26)15-24-10-12-25(13-11-24)18-5-7-19(27-2)8-6-18;1-2/h3-9,14,26H,10-13,15H2,1-2H3;1-2H3. The smallest absolute Gasteiger partial charge is 0.144 e. The molecule has 0 bridgehead atoms. The van der Waals surface area contributed by atoms with Crippen LogP contribution in [0.1, 0.15) is 25.0 Å². The second-order valence-electron chi connectivity index (χ2n) is 7.06. The summed E-state index contributed by atoms with van der Waals surface area (Å²) in [4.78, 5) is 9.26. The number of ether oxygens (including phenoxy) is 1. The summed E-state index contributed by atoms with van der Waals surface area (Å²) in [6.45, 7) is 10.8. The van der Waals surface area contributed by atoms with E-state index in [0.29, 0.717) is 11.3 Å².